The summed E-state index contributed by atoms with van der Waals surface area (Å²) in [4.78, 5) is 28.1. The monoisotopic (exact) mass is 663 g/mol. The van der Waals surface area contributed by atoms with Crippen LogP contribution in [0.4, 0.5) is 10.6 Å². The predicted molar refractivity (Wildman–Crippen MR) is 177 cm³/mol. The number of aromatic nitrogens is 7. The van der Waals surface area contributed by atoms with Crippen molar-refractivity contribution < 1.29 is 19.2 Å². The largest absolute Gasteiger partial charge is 0.465 e. The highest BCUT2D eigenvalue weighted by atomic mass is 35.5. The van der Waals surface area contributed by atoms with E-state index >= 15 is 0 Å². The zero-order chi connectivity index (χ0) is 32.2. The van der Waals surface area contributed by atoms with E-state index in [1.807, 2.05) is 35.3 Å². The Morgan fingerprint density at radius 2 is 1.93 bits per heavy atom. The summed E-state index contributed by atoms with van der Waals surface area (Å²) in [6.45, 7) is 10.2. The van der Waals surface area contributed by atoms with Gasteiger partial charge in [-0.05, 0) is 44.7 Å². The Hall–Kier alpha value is -4.01. The molecule has 3 atom stereocenters. The van der Waals surface area contributed by atoms with Crippen molar-refractivity contribution in [3.63, 3.8) is 0 Å². The lowest BCUT2D eigenvalue weighted by Gasteiger charge is -2.39. The Morgan fingerprint density at radius 1 is 1.15 bits per heavy atom. The van der Waals surface area contributed by atoms with Gasteiger partial charge in [-0.1, -0.05) is 42.5 Å². The Labute approximate surface area is 271 Å². The summed E-state index contributed by atoms with van der Waals surface area (Å²) in [7, 11) is -1.26. The van der Waals surface area contributed by atoms with Crippen molar-refractivity contribution in [1.29, 1.82) is 0 Å². The molecule has 2 N–H and O–H groups in total. The molecule has 46 heavy (non-hydrogen) atoms. The molecule has 1 aromatic carbocycles. The minimum atomic E-state index is -1.26. The molecule has 1 amide bonds. The topological polar surface area (TPSA) is 149 Å². The van der Waals surface area contributed by atoms with Gasteiger partial charge in [-0.25, -0.2) is 14.8 Å². The molecule has 0 aliphatic carbocycles. The second-order valence-electron chi connectivity index (χ2n) is 13.6. The van der Waals surface area contributed by atoms with Gasteiger partial charge < -0.3 is 29.2 Å². The minimum absolute atomic E-state index is 0.0456. The van der Waals surface area contributed by atoms with Crippen molar-refractivity contribution in [2.45, 2.75) is 89.7 Å². The molecule has 2 aliphatic heterocycles. The molecule has 2 aliphatic rings. The van der Waals surface area contributed by atoms with Crippen LogP contribution in [-0.2, 0) is 18.0 Å². The maximum atomic E-state index is 11.3. The number of amides is 1. The zero-order valence-corrected chi connectivity index (χ0v) is 28.2. The first-order valence-electron chi connectivity index (χ1n) is 15.7. The first kappa shape index (κ1) is 30.6. The van der Waals surface area contributed by atoms with Crippen LogP contribution in [0.1, 0.15) is 37.4 Å². The summed E-state index contributed by atoms with van der Waals surface area (Å²) in [5, 5.41) is 21.9. The van der Waals surface area contributed by atoms with Crippen molar-refractivity contribution in [2.24, 2.45) is 0 Å². The van der Waals surface area contributed by atoms with E-state index in [0.29, 0.717) is 36.6 Å². The number of hydrogen-bond donors (Lipinski definition) is 2. The zero-order valence-electron chi connectivity index (χ0n) is 26.4. The first-order valence-corrected chi connectivity index (χ1v) is 19.8. The van der Waals surface area contributed by atoms with Crippen molar-refractivity contribution in [3.05, 3.63) is 47.5 Å². The van der Waals surface area contributed by atoms with Gasteiger partial charge in [0.25, 0.3) is 0 Å². The van der Waals surface area contributed by atoms with Gasteiger partial charge in [0, 0.05) is 61.7 Å². The molecule has 2 saturated heterocycles. The Bertz CT molecular complexity index is 1900. The van der Waals surface area contributed by atoms with Crippen LogP contribution < -0.4 is 10.2 Å². The molecule has 0 unspecified atom stereocenters. The van der Waals surface area contributed by atoms with Crippen LogP contribution in [0.3, 0.4) is 0 Å². The Balaban J connectivity index is 1.23. The summed E-state index contributed by atoms with van der Waals surface area (Å²) in [5.74, 6) is 1.85. The quantitative estimate of drug-likeness (QED) is 0.136. The third kappa shape index (κ3) is 6.08. The first-order chi connectivity index (χ1) is 22.0. The number of aryl methyl sites for hydroxylation is 1. The highest BCUT2D eigenvalue weighted by molar-refractivity contribution is 6.76. The molecule has 7 rings (SSSR count). The van der Waals surface area contributed by atoms with E-state index in [-0.39, 0.29) is 18.1 Å². The average Bonchev–Trinajstić information content (AvgIpc) is 3.75. The van der Waals surface area contributed by atoms with Crippen LogP contribution >= 0.6 is 11.6 Å². The van der Waals surface area contributed by atoms with Crippen LogP contribution in [0.25, 0.3) is 33.2 Å². The lowest BCUT2D eigenvalue weighted by atomic mass is 9.97. The van der Waals surface area contributed by atoms with Crippen LogP contribution in [0.5, 0.6) is 0 Å². The molecule has 242 valence electrons. The molecular formula is C31H38ClN9O4Si. The number of nitrogens with zero attached hydrogens (tertiary/aromatic N) is 8. The van der Waals surface area contributed by atoms with E-state index in [4.69, 9.17) is 30.8 Å². The van der Waals surface area contributed by atoms with Gasteiger partial charge >= 0.3 is 6.09 Å². The highest BCUT2D eigenvalue weighted by Crippen LogP contribution is 2.41. The Morgan fingerprint density at radius 3 is 2.63 bits per heavy atom. The molecule has 0 spiro atoms. The maximum absolute atomic E-state index is 11.3. The molecule has 13 nitrogen and oxygen atoms in total. The standard InChI is InChI=1S/C31H38ClN9O4Si/c1-18-34-27(45-38-18)16-40-15-24-25(37-40)8-7-22(28(24)32)23-14-39(17-44-9-10-46(2,3)4)30-29(23)33-13-26(36-30)41-20-5-6-21(41)12-19(11-20)35-31(42)43/h7-8,13-15,19-21,35H,5-6,9-12,16-17H2,1-4H3,(H,42,43)/t19-,20+,21-. The molecule has 2 bridgehead atoms. The van der Waals surface area contributed by atoms with Gasteiger partial charge in [-0.2, -0.15) is 10.1 Å². The lowest BCUT2D eigenvalue weighted by molar-refractivity contribution is 0.0899. The van der Waals surface area contributed by atoms with Gasteiger partial charge in [-0.3, -0.25) is 4.68 Å². The number of anilines is 1. The van der Waals surface area contributed by atoms with Crippen LogP contribution in [-0.4, -0.2) is 78.5 Å². The molecule has 0 radical (unpaired) electrons. The van der Waals surface area contributed by atoms with Crippen LogP contribution in [0.2, 0.25) is 30.7 Å². The number of nitrogens with one attached hydrogen (secondary N) is 1. The van der Waals surface area contributed by atoms with E-state index in [1.165, 1.54) is 0 Å². The Kier molecular flexibility index (Phi) is 7.97. The van der Waals surface area contributed by atoms with E-state index in [2.05, 4.69) is 45.1 Å². The number of halogens is 1. The highest BCUT2D eigenvalue weighted by Gasteiger charge is 2.42. The van der Waals surface area contributed by atoms with Crippen molar-refractivity contribution in [1.82, 2.24) is 39.8 Å². The fourth-order valence-electron chi connectivity index (χ4n) is 6.78. The van der Waals surface area contributed by atoms with Crippen LogP contribution in [0, 0.1) is 6.92 Å². The van der Waals surface area contributed by atoms with Gasteiger partial charge in [0.2, 0.25) is 5.89 Å². The average molecular weight is 664 g/mol. The molecule has 15 heteroatoms. The van der Waals surface area contributed by atoms with E-state index in [0.717, 1.165) is 70.7 Å². The number of carbonyl (C=O) groups is 1. The van der Waals surface area contributed by atoms with Crippen LogP contribution in [0.15, 0.2) is 35.2 Å². The summed E-state index contributed by atoms with van der Waals surface area (Å²) >= 11 is 7.09. The maximum Gasteiger partial charge on any atom is 0.404 e. The SMILES string of the molecule is Cc1noc(Cn2cc3c(Cl)c(-c4cn(COCC[Si](C)(C)C)c5nc(N6[C@@H]7CC[C@H]6C[C@@H](NC(=O)O)C7)cnc45)ccc3n2)n1. The van der Waals surface area contributed by atoms with Gasteiger partial charge in [0.15, 0.2) is 11.5 Å². The van der Waals surface area contributed by atoms with E-state index in [1.54, 1.807) is 11.6 Å². The smallest absolute Gasteiger partial charge is 0.404 e. The van der Waals surface area contributed by atoms with Crippen molar-refractivity contribution in [3.8, 4) is 11.1 Å². The number of carboxylic acid groups (broad SMARTS) is 1. The van der Waals surface area contributed by atoms with E-state index < -0.39 is 14.2 Å². The summed E-state index contributed by atoms with van der Waals surface area (Å²) in [6, 6.07) is 5.37. The fraction of sp³-hybridized carbons (Fsp3) is 0.484. The third-order valence-corrected chi connectivity index (χ3v) is 11.0. The number of hydrogen-bond acceptors (Lipinski definition) is 9. The summed E-state index contributed by atoms with van der Waals surface area (Å²) < 4.78 is 15.2. The second kappa shape index (κ2) is 12.0. The van der Waals surface area contributed by atoms with Crippen molar-refractivity contribution >= 4 is 53.7 Å². The normalized spacial score (nSPS) is 19.8. The fourth-order valence-corrected chi connectivity index (χ4v) is 7.85. The molecule has 2 fully saturated rings. The number of benzene rings is 1. The predicted octanol–water partition coefficient (Wildman–Crippen LogP) is 5.92. The second-order valence-corrected chi connectivity index (χ2v) is 19.6. The molecule has 6 heterocycles. The van der Waals surface area contributed by atoms with Crippen molar-refractivity contribution in [2.75, 3.05) is 11.5 Å². The summed E-state index contributed by atoms with van der Waals surface area (Å²) in [6.07, 6.45) is 8.31. The molecule has 4 aromatic heterocycles. The van der Waals surface area contributed by atoms with Gasteiger partial charge in [-0.15, -0.1) is 0 Å². The summed E-state index contributed by atoms with van der Waals surface area (Å²) in [5.41, 5.74) is 3.91. The molecular weight excluding hydrogens is 626 g/mol. The van der Waals surface area contributed by atoms with Gasteiger partial charge in [0.1, 0.15) is 24.6 Å². The molecule has 0 saturated carbocycles. The number of fused-ring (bicyclic) bond motifs is 4. The van der Waals surface area contributed by atoms with Gasteiger partial charge in [0.05, 0.1) is 16.7 Å². The van der Waals surface area contributed by atoms with E-state index in [9.17, 15) is 9.90 Å². The number of piperidine rings is 1. The molecule has 5 aromatic rings. The third-order valence-electron chi connectivity index (χ3n) is 8.93. The number of ether oxygens (including phenoxy) is 1. The minimum Gasteiger partial charge on any atom is -0.465 e. The lowest BCUT2D eigenvalue weighted by Crippen LogP contribution is -2.50. The number of rotatable bonds is 10.